The lowest BCUT2D eigenvalue weighted by molar-refractivity contribution is 0.0372. The third-order valence-electron chi connectivity index (χ3n) is 5.99. The molecule has 2 unspecified atom stereocenters. The fourth-order valence-corrected chi connectivity index (χ4v) is 4.69. The maximum Gasteiger partial charge on any atom is 0.223 e. The number of nitrogens with zero attached hydrogens (tertiary/aromatic N) is 5. The van der Waals surface area contributed by atoms with E-state index in [1.165, 1.54) is 31.4 Å². The van der Waals surface area contributed by atoms with Crippen LogP contribution in [0.3, 0.4) is 0 Å². The highest BCUT2D eigenvalue weighted by atomic mass is 16.5. The van der Waals surface area contributed by atoms with E-state index in [1.54, 1.807) is 6.92 Å². The first-order valence-electron chi connectivity index (χ1n) is 10.8. The molecule has 156 valence electrons. The summed E-state index contributed by atoms with van der Waals surface area (Å²) in [5, 5.41) is 7.41. The Balaban J connectivity index is 1.40. The fraction of sp³-hybridized carbons (Fsp3) is 0.591. The highest BCUT2D eigenvalue weighted by Gasteiger charge is 2.36. The molecular weight excluding hydrogens is 364 g/mol. The number of rotatable bonds is 5. The van der Waals surface area contributed by atoms with Crippen molar-refractivity contribution >= 4 is 5.96 Å². The molecule has 2 saturated heterocycles. The summed E-state index contributed by atoms with van der Waals surface area (Å²) in [5.41, 5.74) is 1.42. The number of guanidine groups is 1. The first-order chi connectivity index (χ1) is 14.2. The molecule has 0 bridgehead atoms. The molecule has 1 aromatic heterocycles. The van der Waals surface area contributed by atoms with Gasteiger partial charge in [-0.05, 0) is 44.2 Å². The second kappa shape index (κ2) is 9.39. The standard InChI is InChI=1S/C22H32N6O/c1-3-23-22(24-14-21-25-17(2)29-26-21)28-13-11-20-19(16-28)10-7-12-27(20)15-18-8-5-4-6-9-18/h4-6,8-9,19-20H,3,7,10-16H2,1-2H3,(H,23,24). The molecule has 0 amide bonds. The molecule has 29 heavy (non-hydrogen) atoms. The lowest BCUT2D eigenvalue weighted by atomic mass is 9.83. The van der Waals surface area contributed by atoms with Gasteiger partial charge in [0.25, 0.3) is 0 Å². The summed E-state index contributed by atoms with van der Waals surface area (Å²) in [6.45, 7) is 9.59. The maximum absolute atomic E-state index is 5.06. The number of aryl methyl sites for hydroxylation is 1. The van der Waals surface area contributed by atoms with E-state index in [-0.39, 0.29) is 0 Å². The number of aliphatic imine (C=N–C) groups is 1. The Morgan fingerprint density at radius 2 is 2.10 bits per heavy atom. The Morgan fingerprint density at radius 1 is 1.24 bits per heavy atom. The molecule has 2 aromatic rings. The minimum Gasteiger partial charge on any atom is -0.357 e. The zero-order chi connectivity index (χ0) is 20.1. The molecule has 2 atom stereocenters. The normalized spacial score (nSPS) is 23.1. The van der Waals surface area contributed by atoms with Gasteiger partial charge in [-0.2, -0.15) is 4.98 Å². The van der Waals surface area contributed by atoms with Crippen LogP contribution in [0.5, 0.6) is 0 Å². The summed E-state index contributed by atoms with van der Waals surface area (Å²) in [4.78, 5) is 14.2. The molecule has 3 heterocycles. The largest absolute Gasteiger partial charge is 0.357 e. The number of fused-ring (bicyclic) bond motifs is 1. The summed E-state index contributed by atoms with van der Waals surface area (Å²) in [7, 11) is 0. The van der Waals surface area contributed by atoms with Gasteiger partial charge in [0.2, 0.25) is 5.89 Å². The van der Waals surface area contributed by atoms with E-state index in [9.17, 15) is 0 Å². The van der Waals surface area contributed by atoms with Gasteiger partial charge >= 0.3 is 0 Å². The maximum atomic E-state index is 5.06. The van der Waals surface area contributed by atoms with Crippen LogP contribution in [0, 0.1) is 12.8 Å². The predicted molar refractivity (Wildman–Crippen MR) is 113 cm³/mol. The van der Waals surface area contributed by atoms with Crippen LogP contribution in [-0.2, 0) is 13.1 Å². The van der Waals surface area contributed by atoms with Crippen molar-refractivity contribution in [3.8, 4) is 0 Å². The van der Waals surface area contributed by atoms with Gasteiger partial charge in [-0.3, -0.25) is 4.90 Å². The molecule has 2 aliphatic heterocycles. The van der Waals surface area contributed by atoms with Crippen LogP contribution >= 0.6 is 0 Å². The van der Waals surface area contributed by atoms with Gasteiger partial charge in [0.05, 0.1) is 0 Å². The second-order valence-electron chi connectivity index (χ2n) is 8.06. The summed E-state index contributed by atoms with van der Waals surface area (Å²) < 4.78 is 5.06. The lowest BCUT2D eigenvalue weighted by Gasteiger charge is -2.48. The number of benzene rings is 1. The quantitative estimate of drug-likeness (QED) is 0.619. The average molecular weight is 397 g/mol. The zero-order valence-electron chi connectivity index (χ0n) is 17.5. The zero-order valence-corrected chi connectivity index (χ0v) is 17.5. The Labute approximate surface area is 173 Å². The van der Waals surface area contributed by atoms with Crippen molar-refractivity contribution in [3.63, 3.8) is 0 Å². The van der Waals surface area contributed by atoms with Gasteiger partial charge in [0.15, 0.2) is 11.8 Å². The first-order valence-corrected chi connectivity index (χ1v) is 10.8. The van der Waals surface area contributed by atoms with E-state index in [0.717, 1.165) is 32.1 Å². The van der Waals surface area contributed by atoms with E-state index >= 15 is 0 Å². The molecule has 2 fully saturated rings. The van der Waals surface area contributed by atoms with Crippen LogP contribution in [0.15, 0.2) is 39.8 Å². The van der Waals surface area contributed by atoms with Gasteiger partial charge in [-0.25, -0.2) is 4.99 Å². The number of hydrogen-bond donors (Lipinski definition) is 1. The van der Waals surface area contributed by atoms with Crippen LogP contribution in [0.4, 0.5) is 0 Å². The molecule has 0 radical (unpaired) electrons. The molecule has 0 aliphatic carbocycles. The smallest absolute Gasteiger partial charge is 0.223 e. The molecule has 2 aliphatic rings. The molecule has 7 heteroatoms. The van der Waals surface area contributed by atoms with Gasteiger partial charge in [-0.1, -0.05) is 35.5 Å². The molecule has 0 saturated carbocycles. The van der Waals surface area contributed by atoms with E-state index in [1.807, 2.05) is 0 Å². The van der Waals surface area contributed by atoms with Crippen molar-refractivity contribution in [1.29, 1.82) is 0 Å². The van der Waals surface area contributed by atoms with E-state index < -0.39 is 0 Å². The molecule has 7 nitrogen and oxygen atoms in total. The van der Waals surface area contributed by atoms with Crippen molar-refractivity contribution in [3.05, 3.63) is 47.6 Å². The summed E-state index contributed by atoms with van der Waals surface area (Å²) >= 11 is 0. The Morgan fingerprint density at radius 3 is 2.86 bits per heavy atom. The van der Waals surface area contributed by atoms with Crippen LogP contribution in [0.25, 0.3) is 0 Å². The number of likely N-dealkylation sites (tertiary alicyclic amines) is 2. The average Bonchev–Trinajstić information content (AvgIpc) is 3.17. The second-order valence-corrected chi connectivity index (χ2v) is 8.06. The van der Waals surface area contributed by atoms with Crippen LogP contribution < -0.4 is 5.32 Å². The third kappa shape index (κ3) is 4.96. The summed E-state index contributed by atoms with van der Waals surface area (Å²) in [6.07, 6.45) is 3.76. The third-order valence-corrected chi connectivity index (χ3v) is 5.99. The van der Waals surface area contributed by atoms with E-state index in [4.69, 9.17) is 9.52 Å². The van der Waals surface area contributed by atoms with Crippen molar-refractivity contribution < 1.29 is 4.52 Å². The Bertz CT molecular complexity index is 805. The fourth-order valence-electron chi connectivity index (χ4n) is 4.69. The van der Waals surface area contributed by atoms with Gasteiger partial charge in [0.1, 0.15) is 6.54 Å². The molecule has 0 spiro atoms. The minimum absolute atomic E-state index is 0.449. The number of nitrogens with one attached hydrogen (secondary N) is 1. The molecule has 1 N–H and O–H groups in total. The Kier molecular flexibility index (Phi) is 6.44. The highest BCUT2D eigenvalue weighted by Crippen LogP contribution is 2.31. The SMILES string of the molecule is CCNC(=NCc1noc(C)n1)N1CCC2C(CCCN2Cc2ccccc2)C1. The van der Waals surface area contributed by atoms with Gasteiger partial charge < -0.3 is 14.7 Å². The Hall–Kier alpha value is -2.41. The van der Waals surface area contributed by atoms with Crippen molar-refractivity contribution in [2.24, 2.45) is 10.9 Å². The number of aromatic nitrogens is 2. The van der Waals surface area contributed by atoms with Crippen LogP contribution in [-0.4, -0.2) is 58.1 Å². The number of hydrogen-bond acceptors (Lipinski definition) is 5. The first kappa shape index (κ1) is 19.9. The van der Waals surface area contributed by atoms with Crippen molar-refractivity contribution in [2.45, 2.75) is 52.2 Å². The topological polar surface area (TPSA) is 69.8 Å². The van der Waals surface area contributed by atoms with Gasteiger partial charge in [0, 0.05) is 39.1 Å². The minimum atomic E-state index is 0.449. The monoisotopic (exact) mass is 396 g/mol. The highest BCUT2D eigenvalue weighted by molar-refractivity contribution is 5.80. The van der Waals surface area contributed by atoms with Crippen molar-refractivity contribution in [2.75, 3.05) is 26.2 Å². The molecule has 1 aromatic carbocycles. The van der Waals surface area contributed by atoms with E-state index in [0.29, 0.717) is 30.2 Å². The summed E-state index contributed by atoms with van der Waals surface area (Å²) in [5.74, 6) is 2.88. The predicted octanol–water partition coefficient (Wildman–Crippen LogP) is 2.83. The lowest BCUT2D eigenvalue weighted by Crippen LogP contribution is -2.56. The number of piperidine rings is 2. The van der Waals surface area contributed by atoms with Crippen LogP contribution in [0.1, 0.15) is 43.5 Å². The van der Waals surface area contributed by atoms with Crippen LogP contribution in [0.2, 0.25) is 0 Å². The summed E-state index contributed by atoms with van der Waals surface area (Å²) in [6, 6.07) is 11.5. The molecular formula is C22H32N6O. The van der Waals surface area contributed by atoms with Crippen molar-refractivity contribution in [1.82, 2.24) is 25.3 Å². The van der Waals surface area contributed by atoms with Gasteiger partial charge in [-0.15, -0.1) is 0 Å². The van der Waals surface area contributed by atoms with E-state index in [2.05, 4.69) is 62.5 Å². The molecule has 4 rings (SSSR count).